The van der Waals surface area contributed by atoms with Crippen molar-refractivity contribution in [1.82, 2.24) is 9.55 Å². The van der Waals surface area contributed by atoms with Crippen molar-refractivity contribution >= 4 is 22.7 Å². The van der Waals surface area contributed by atoms with Crippen LogP contribution < -0.4 is 5.56 Å². The fraction of sp³-hybridized carbons (Fsp3) is 0.429. The number of rotatable bonds is 3. The lowest BCUT2D eigenvalue weighted by Gasteiger charge is -2.12. The summed E-state index contributed by atoms with van der Waals surface area (Å²) in [5.41, 5.74) is 2.16. The van der Waals surface area contributed by atoms with E-state index in [0.717, 1.165) is 40.9 Å². The Kier molecular flexibility index (Phi) is 2.90. The Balaban J connectivity index is 2.38. The number of fused-ring (bicyclic) bond motifs is 1. The van der Waals surface area contributed by atoms with Crippen molar-refractivity contribution in [3.05, 3.63) is 34.1 Å². The molecule has 1 aromatic heterocycles. The second-order valence-corrected chi connectivity index (χ2v) is 5.45. The van der Waals surface area contributed by atoms with Gasteiger partial charge in [-0.2, -0.15) is 0 Å². The van der Waals surface area contributed by atoms with E-state index in [0.29, 0.717) is 6.04 Å². The van der Waals surface area contributed by atoms with Crippen molar-refractivity contribution in [2.45, 2.75) is 37.4 Å². The molecule has 0 atom stereocenters. The molecule has 1 saturated carbocycles. The zero-order valence-electron chi connectivity index (χ0n) is 10.6. The molecular weight excluding hydrogens is 244 g/mol. The van der Waals surface area contributed by atoms with E-state index in [1.54, 1.807) is 11.8 Å². The van der Waals surface area contributed by atoms with Gasteiger partial charge in [-0.05, 0) is 37.1 Å². The van der Waals surface area contributed by atoms with E-state index >= 15 is 0 Å². The van der Waals surface area contributed by atoms with E-state index in [2.05, 4.69) is 13.0 Å². The van der Waals surface area contributed by atoms with Crippen LogP contribution in [-0.2, 0) is 6.42 Å². The van der Waals surface area contributed by atoms with Crippen LogP contribution in [0.3, 0.4) is 0 Å². The molecule has 0 saturated heterocycles. The number of aryl methyl sites for hydroxylation is 1. The smallest absolute Gasteiger partial charge is 0.262 e. The van der Waals surface area contributed by atoms with Crippen LogP contribution in [0.25, 0.3) is 10.9 Å². The van der Waals surface area contributed by atoms with Crippen molar-refractivity contribution in [3.8, 4) is 0 Å². The third-order valence-corrected chi connectivity index (χ3v) is 4.11. The maximum absolute atomic E-state index is 12.6. The summed E-state index contributed by atoms with van der Waals surface area (Å²) in [5, 5.41) is 1.62. The molecule has 0 aliphatic heterocycles. The average molecular weight is 260 g/mol. The molecule has 0 N–H and O–H groups in total. The van der Waals surface area contributed by atoms with Gasteiger partial charge in [0.05, 0.1) is 10.9 Å². The normalized spacial score (nSPS) is 15.2. The molecule has 1 aromatic carbocycles. The summed E-state index contributed by atoms with van der Waals surface area (Å²) in [5.74, 6) is 0. The van der Waals surface area contributed by atoms with E-state index < -0.39 is 0 Å². The lowest BCUT2D eigenvalue weighted by atomic mass is 10.1. The monoisotopic (exact) mass is 260 g/mol. The first-order valence-electron chi connectivity index (χ1n) is 6.34. The molecule has 0 spiro atoms. The molecule has 3 nitrogen and oxygen atoms in total. The van der Waals surface area contributed by atoms with Crippen LogP contribution in [0.1, 0.15) is 31.4 Å². The molecule has 1 fully saturated rings. The van der Waals surface area contributed by atoms with Crippen LogP contribution >= 0.6 is 11.8 Å². The van der Waals surface area contributed by atoms with Crippen molar-refractivity contribution in [1.29, 1.82) is 0 Å². The van der Waals surface area contributed by atoms with Gasteiger partial charge in [0.2, 0.25) is 0 Å². The molecule has 3 rings (SSSR count). The van der Waals surface area contributed by atoms with Crippen LogP contribution in [-0.4, -0.2) is 15.8 Å². The first kappa shape index (κ1) is 11.8. The molecule has 0 unspecified atom stereocenters. The number of nitrogens with zero attached hydrogens (tertiary/aromatic N) is 2. The minimum absolute atomic E-state index is 0.127. The predicted molar refractivity (Wildman–Crippen MR) is 75.4 cm³/mol. The number of aromatic nitrogens is 2. The highest BCUT2D eigenvalue weighted by Crippen LogP contribution is 2.36. The maximum Gasteiger partial charge on any atom is 0.262 e. The highest BCUT2D eigenvalue weighted by molar-refractivity contribution is 7.98. The number of para-hydroxylation sites is 1. The number of hydrogen-bond donors (Lipinski definition) is 0. The van der Waals surface area contributed by atoms with Gasteiger partial charge < -0.3 is 0 Å². The Morgan fingerprint density at radius 2 is 2.22 bits per heavy atom. The van der Waals surface area contributed by atoms with Gasteiger partial charge >= 0.3 is 0 Å². The van der Waals surface area contributed by atoms with Gasteiger partial charge in [0, 0.05) is 6.04 Å². The summed E-state index contributed by atoms with van der Waals surface area (Å²) in [6, 6.07) is 6.29. The molecule has 4 heteroatoms. The quantitative estimate of drug-likeness (QED) is 0.628. The van der Waals surface area contributed by atoms with Crippen LogP contribution in [0.5, 0.6) is 0 Å². The SMILES string of the molecule is CCc1cccc2c(=O)n(C3CC3)c(SC)nc12. The standard InChI is InChI=1S/C14H16N2OS/c1-3-9-5-4-6-11-12(9)15-14(18-2)16(13(11)17)10-7-8-10/h4-6,10H,3,7-8H2,1-2H3. The molecule has 0 bridgehead atoms. The number of benzene rings is 1. The van der Waals surface area contributed by atoms with E-state index in [1.807, 2.05) is 23.0 Å². The Bertz CT molecular complexity index is 659. The average Bonchev–Trinajstić information content (AvgIpc) is 3.22. The van der Waals surface area contributed by atoms with Crippen molar-refractivity contribution in [2.75, 3.05) is 6.26 Å². The summed E-state index contributed by atoms with van der Waals surface area (Å²) in [7, 11) is 0. The van der Waals surface area contributed by atoms with E-state index in [9.17, 15) is 4.79 Å². The second kappa shape index (κ2) is 4.43. The maximum atomic E-state index is 12.6. The Labute approximate surface area is 110 Å². The van der Waals surface area contributed by atoms with Gasteiger partial charge in [-0.25, -0.2) is 4.98 Å². The third-order valence-electron chi connectivity index (χ3n) is 3.46. The zero-order valence-corrected chi connectivity index (χ0v) is 11.5. The van der Waals surface area contributed by atoms with Crippen LogP contribution in [0, 0.1) is 0 Å². The van der Waals surface area contributed by atoms with E-state index in [-0.39, 0.29) is 5.56 Å². The first-order chi connectivity index (χ1) is 8.76. The molecule has 1 heterocycles. The highest BCUT2D eigenvalue weighted by atomic mass is 32.2. The van der Waals surface area contributed by atoms with Crippen molar-refractivity contribution in [2.24, 2.45) is 0 Å². The number of hydrogen-bond acceptors (Lipinski definition) is 3. The van der Waals surface area contributed by atoms with Crippen molar-refractivity contribution < 1.29 is 0 Å². The predicted octanol–water partition coefficient (Wildman–Crippen LogP) is 3.02. The van der Waals surface area contributed by atoms with Gasteiger partial charge in [-0.15, -0.1) is 0 Å². The fourth-order valence-electron chi connectivity index (χ4n) is 2.35. The van der Waals surface area contributed by atoms with Gasteiger partial charge in [0.15, 0.2) is 5.16 Å². The third kappa shape index (κ3) is 1.75. The Morgan fingerprint density at radius 3 is 2.83 bits per heavy atom. The van der Waals surface area contributed by atoms with Gasteiger partial charge in [0.1, 0.15) is 0 Å². The molecule has 2 aromatic rings. The van der Waals surface area contributed by atoms with Crippen LogP contribution in [0.2, 0.25) is 0 Å². The lowest BCUT2D eigenvalue weighted by Crippen LogP contribution is -2.22. The van der Waals surface area contributed by atoms with Gasteiger partial charge in [-0.1, -0.05) is 30.8 Å². The summed E-state index contributed by atoms with van der Waals surface area (Å²) < 4.78 is 1.88. The molecule has 1 aliphatic carbocycles. The number of thioether (sulfide) groups is 1. The minimum atomic E-state index is 0.127. The fourth-order valence-corrected chi connectivity index (χ4v) is 2.96. The summed E-state index contributed by atoms with van der Waals surface area (Å²) in [4.78, 5) is 17.3. The van der Waals surface area contributed by atoms with Crippen LogP contribution in [0.4, 0.5) is 0 Å². The summed E-state index contributed by atoms with van der Waals surface area (Å²) >= 11 is 1.56. The first-order valence-corrected chi connectivity index (χ1v) is 7.57. The lowest BCUT2D eigenvalue weighted by molar-refractivity contribution is 0.618. The highest BCUT2D eigenvalue weighted by Gasteiger charge is 2.28. The van der Waals surface area contributed by atoms with Gasteiger partial charge in [-0.3, -0.25) is 9.36 Å². The summed E-state index contributed by atoms with van der Waals surface area (Å²) in [6.45, 7) is 2.10. The molecule has 1 aliphatic rings. The van der Waals surface area contributed by atoms with Crippen molar-refractivity contribution in [3.63, 3.8) is 0 Å². The van der Waals surface area contributed by atoms with E-state index in [1.165, 1.54) is 0 Å². The zero-order chi connectivity index (χ0) is 12.7. The Morgan fingerprint density at radius 1 is 1.44 bits per heavy atom. The van der Waals surface area contributed by atoms with E-state index in [4.69, 9.17) is 4.98 Å². The molecule has 94 valence electrons. The molecule has 18 heavy (non-hydrogen) atoms. The minimum Gasteiger partial charge on any atom is -0.284 e. The molecule has 0 radical (unpaired) electrons. The largest absolute Gasteiger partial charge is 0.284 e. The topological polar surface area (TPSA) is 34.9 Å². The second-order valence-electron chi connectivity index (χ2n) is 4.67. The Hall–Kier alpha value is -1.29. The van der Waals surface area contributed by atoms with Crippen LogP contribution in [0.15, 0.2) is 28.2 Å². The summed E-state index contributed by atoms with van der Waals surface area (Å²) in [6.07, 6.45) is 5.11. The molecule has 0 amide bonds. The van der Waals surface area contributed by atoms with Gasteiger partial charge in [0.25, 0.3) is 5.56 Å². The molecular formula is C14H16N2OS.